The molecule has 2 unspecified atom stereocenters. The first-order valence-electron chi connectivity index (χ1n) is 8.80. The van der Waals surface area contributed by atoms with Gasteiger partial charge in [-0.25, -0.2) is 0 Å². The second kappa shape index (κ2) is 6.48. The molecule has 1 amide bonds. The Kier molecular flexibility index (Phi) is 4.17. The molecule has 4 rings (SSSR count). The van der Waals surface area contributed by atoms with Crippen LogP contribution < -0.4 is 10.1 Å². The van der Waals surface area contributed by atoms with Gasteiger partial charge in [0.05, 0.1) is 6.04 Å². The van der Waals surface area contributed by atoms with Crippen LogP contribution in [0.4, 0.5) is 0 Å². The summed E-state index contributed by atoms with van der Waals surface area (Å²) >= 11 is 0. The van der Waals surface area contributed by atoms with Gasteiger partial charge in [-0.15, -0.1) is 0 Å². The SMILES string of the molecule is Cc1cc2c(cc1C)C(C(=O)N1CCNCC1c1ccncc1)CO2. The largest absolute Gasteiger partial charge is 0.492 e. The van der Waals surface area contributed by atoms with Crippen LogP contribution in [0.2, 0.25) is 0 Å². The number of aromatic nitrogens is 1. The van der Waals surface area contributed by atoms with Gasteiger partial charge in [0.15, 0.2) is 0 Å². The van der Waals surface area contributed by atoms with Crippen molar-refractivity contribution in [1.82, 2.24) is 15.2 Å². The number of pyridine rings is 1. The summed E-state index contributed by atoms with van der Waals surface area (Å²) in [6, 6.07) is 8.19. The Labute approximate surface area is 148 Å². The van der Waals surface area contributed by atoms with E-state index in [0.717, 1.165) is 30.0 Å². The topological polar surface area (TPSA) is 54.5 Å². The smallest absolute Gasteiger partial charge is 0.234 e. The van der Waals surface area contributed by atoms with Crippen LogP contribution in [0, 0.1) is 13.8 Å². The summed E-state index contributed by atoms with van der Waals surface area (Å²) in [6.45, 7) is 6.89. The van der Waals surface area contributed by atoms with Crippen molar-refractivity contribution in [3.05, 3.63) is 58.9 Å². The molecule has 2 atom stereocenters. The number of hydrogen-bond donors (Lipinski definition) is 1. The van der Waals surface area contributed by atoms with Gasteiger partial charge >= 0.3 is 0 Å². The van der Waals surface area contributed by atoms with Gasteiger partial charge in [0.1, 0.15) is 18.3 Å². The van der Waals surface area contributed by atoms with Crippen molar-refractivity contribution in [3.63, 3.8) is 0 Å². The summed E-state index contributed by atoms with van der Waals surface area (Å²) in [7, 11) is 0. The van der Waals surface area contributed by atoms with Gasteiger partial charge in [0, 0.05) is 37.6 Å². The minimum absolute atomic E-state index is 0.0415. The van der Waals surface area contributed by atoms with Crippen LogP contribution in [0.15, 0.2) is 36.7 Å². The fourth-order valence-electron chi connectivity index (χ4n) is 3.73. The third-order valence-corrected chi connectivity index (χ3v) is 5.32. The van der Waals surface area contributed by atoms with Crippen molar-refractivity contribution < 1.29 is 9.53 Å². The minimum Gasteiger partial charge on any atom is -0.492 e. The number of carbonyl (C=O) groups excluding carboxylic acids is 1. The summed E-state index contributed by atoms with van der Waals surface area (Å²) < 4.78 is 5.83. The number of benzene rings is 1. The van der Waals surface area contributed by atoms with Crippen LogP contribution >= 0.6 is 0 Å². The fraction of sp³-hybridized carbons (Fsp3) is 0.400. The number of aryl methyl sites for hydroxylation is 2. The molecular weight excluding hydrogens is 314 g/mol. The highest BCUT2D eigenvalue weighted by Crippen LogP contribution is 2.38. The van der Waals surface area contributed by atoms with Crippen LogP contribution in [-0.2, 0) is 4.79 Å². The Morgan fingerprint density at radius 1 is 1.24 bits per heavy atom. The molecule has 130 valence electrons. The quantitative estimate of drug-likeness (QED) is 0.914. The molecule has 0 radical (unpaired) electrons. The average molecular weight is 337 g/mol. The number of fused-ring (bicyclic) bond motifs is 1. The first-order chi connectivity index (χ1) is 12.1. The average Bonchev–Trinajstić information content (AvgIpc) is 3.05. The van der Waals surface area contributed by atoms with Crippen molar-refractivity contribution in [2.75, 3.05) is 26.2 Å². The molecule has 1 saturated heterocycles. The van der Waals surface area contributed by atoms with Gasteiger partial charge in [-0.1, -0.05) is 6.07 Å². The van der Waals surface area contributed by atoms with E-state index in [1.54, 1.807) is 12.4 Å². The zero-order chi connectivity index (χ0) is 17.4. The van der Waals surface area contributed by atoms with Gasteiger partial charge in [-0.2, -0.15) is 0 Å². The molecule has 1 aromatic carbocycles. The van der Waals surface area contributed by atoms with Gasteiger partial charge in [0.2, 0.25) is 5.91 Å². The number of amides is 1. The van der Waals surface area contributed by atoms with E-state index >= 15 is 0 Å². The first-order valence-corrected chi connectivity index (χ1v) is 8.80. The Bertz CT molecular complexity index is 791. The fourth-order valence-corrected chi connectivity index (χ4v) is 3.73. The predicted molar refractivity (Wildman–Crippen MR) is 95.7 cm³/mol. The van der Waals surface area contributed by atoms with Crippen molar-refractivity contribution >= 4 is 5.91 Å². The van der Waals surface area contributed by atoms with E-state index < -0.39 is 0 Å². The maximum Gasteiger partial charge on any atom is 0.234 e. The van der Waals surface area contributed by atoms with Gasteiger partial charge in [-0.3, -0.25) is 9.78 Å². The molecule has 2 aliphatic rings. The van der Waals surface area contributed by atoms with Crippen LogP contribution in [-0.4, -0.2) is 42.0 Å². The standard InChI is InChI=1S/C20H23N3O2/c1-13-9-16-17(12-25-19(16)10-14(13)2)20(24)23-8-7-22-11-18(23)15-3-5-21-6-4-15/h3-6,9-10,17-18,22H,7-8,11-12H2,1-2H3. The minimum atomic E-state index is -0.211. The maximum absolute atomic E-state index is 13.3. The molecule has 3 heterocycles. The van der Waals surface area contributed by atoms with E-state index in [0.29, 0.717) is 13.2 Å². The summed E-state index contributed by atoms with van der Waals surface area (Å²) in [6.07, 6.45) is 3.57. The summed E-state index contributed by atoms with van der Waals surface area (Å²) in [5.41, 5.74) is 4.55. The number of ether oxygens (including phenoxy) is 1. The van der Waals surface area contributed by atoms with Gasteiger partial charge in [-0.05, 0) is 48.7 Å². The lowest BCUT2D eigenvalue weighted by Crippen LogP contribution is -2.50. The number of hydrogen-bond acceptors (Lipinski definition) is 4. The highest BCUT2D eigenvalue weighted by molar-refractivity contribution is 5.86. The number of rotatable bonds is 2. The zero-order valence-electron chi connectivity index (χ0n) is 14.7. The summed E-state index contributed by atoms with van der Waals surface area (Å²) in [4.78, 5) is 19.4. The van der Waals surface area contributed by atoms with Crippen LogP contribution in [0.1, 0.15) is 34.2 Å². The van der Waals surface area contributed by atoms with E-state index in [-0.39, 0.29) is 17.9 Å². The predicted octanol–water partition coefficient (Wildman–Crippen LogP) is 2.35. The van der Waals surface area contributed by atoms with Gasteiger partial charge in [0.25, 0.3) is 0 Å². The van der Waals surface area contributed by atoms with Crippen LogP contribution in [0.25, 0.3) is 0 Å². The Morgan fingerprint density at radius 3 is 2.80 bits per heavy atom. The molecule has 0 saturated carbocycles. The molecule has 1 N–H and O–H groups in total. The summed E-state index contributed by atoms with van der Waals surface area (Å²) in [5, 5.41) is 3.40. The third-order valence-electron chi connectivity index (χ3n) is 5.32. The molecule has 0 spiro atoms. The molecular formula is C20H23N3O2. The molecule has 2 aromatic rings. The number of piperazine rings is 1. The van der Waals surface area contributed by atoms with E-state index in [1.807, 2.05) is 17.0 Å². The summed E-state index contributed by atoms with van der Waals surface area (Å²) in [5.74, 6) is 0.805. The Balaban J connectivity index is 1.64. The molecule has 1 fully saturated rings. The van der Waals surface area contributed by atoms with E-state index in [9.17, 15) is 4.79 Å². The number of carbonyl (C=O) groups is 1. The molecule has 25 heavy (non-hydrogen) atoms. The molecule has 1 aromatic heterocycles. The number of nitrogens with zero attached hydrogens (tertiary/aromatic N) is 2. The lowest BCUT2D eigenvalue weighted by atomic mass is 9.94. The number of nitrogens with one attached hydrogen (secondary N) is 1. The normalized spacial score (nSPS) is 22.4. The first kappa shape index (κ1) is 16.1. The Morgan fingerprint density at radius 2 is 2.00 bits per heavy atom. The molecule has 5 nitrogen and oxygen atoms in total. The van der Waals surface area contributed by atoms with Crippen molar-refractivity contribution in [1.29, 1.82) is 0 Å². The molecule has 0 aliphatic carbocycles. The van der Waals surface area contributed by atoms with Crippen molar-refractivity contribution in [2.24, 2.45) is 0 Å². The molecule has 5 heteroatoms. The lowest BCUT2D eigenvalue weighted by Gasteiger charge is -2.37. The van der Waals surface area contributed by atoms with Crippen molar-refractivity contribution in [3.8, 4) is 5.75 Å². The van der Waals surface area contributed by atoms with Crippen LogP contribution in [0.5, 0.6) is 5.75 Å². The highest BCUT2D eigenvalue weighted by Gasteiger charge is 2.37. The van der Waals surface area contributed by atoms with E-state index in [2.05, 4.69) is 36.3 Å². The second-order valence-electron chi connectivity index (χ2n) is 6.87. The lowest BCUT2D eigenvalue weighted by molar-refractivity contribution is -0.136. The maximum atomic E-state index is 13.3. The van der Waals surface area contributed by atoms with E-state index in [4.69, 9.17) is 4.74 Å². The third kappa shape index (κ3) is 2.89. The Hall–Kier alpha value is -2.40. The zero-order valence-corrected chi connectivity index (χ0v) is 14.7. The molecule has 0 bridgehead atoms. The van der Waals surface area contributed by atoms with Gasteiger partial charge < -0.3 is 15.0 Å². The van der Waals surface area contributed by atoms with Crippen LogP contribution in [0.3, 0.4) is 0 Å². The van der Waals surface area contributed by atoms with E-state index in [1.165, 1.54) is 11.1 Å². The monoisotopic (exact) mass is 337 g/mol. The molecule has 2 aliphatic heterocycles. The van der Waals surface area contributed by atoms with Crippen molar-refractivity contribution in [2.45, 2.75) is 25.8 Å². The second-order valence-corrected chi connectivity index (χ2v) is 6.87. The highest BCUT2D eigenvalue weighted by atomic mass is 16.5.